The first kappa shape index (κ1) is 21.3. The summed E-state index contributed by atoms with van der Waals surface area (Å²) >= 11 is 0. The number of rotatable bonds is 5. The molecule has 0 spiro atoms. The van der Waals surface area contributed by atoms with Gasteiger partial charge in [0.1, 0.15) is 5.56 Å². The second kappa shape index (κ2) is 9.06. The van der Waals surface area contributed by atoms with E-state index >= 15 is 0 Å². The molecule has 7 nitrogen and oxygen atoms in total. The van der Waals surface area contributed by atoms with E-state index in [-0.39, 0.29) is 22.9 Å². The predicted molar refractivity (Wildman–Crippen MR) is 119 cm³/mol. The van der Waals surface area contributed by atoms with Crippen LogP contribution in [0.4, 0.5) is 0 Å². The van der Waals surface area contributed by atoms with E-state index < -0.39 is 5.91 Å². The summed E-state index contributed by atoms with van der Waals surface area (Å²) in [5.74, 6) is -0.454. The lowest BCUT2D eigenvalue weighted by Gasteiger charge is -2.35. The molecular formula is C24H30N4O3. The Balaban J connectivity index is 1.58. The maximum absolute atomic E-state index is 13.1. The minimum absolute atomic E-state index is 0.0531. The first-order valence-electron chi connectivity index (χ1n) is 11.0. The van der Waals surface area contributed by atoms with Crippen molar-refractivity contribution in [3.8, 4) is 0 Å². The van der Waals surface area contributed by atoms with E-state index in [1.54, 1.807) is 4.57 Å². The van der Waals surface area contributed by atoms with Crippen LogP contribution in [0.1, 0.15) is 39.9 Å². The number of carbonyl (C=O) groups is 2. The summed E-state index contributed by atoms with van der Waals surface area (Å²) in [5.41, 5.74) is 8.03. The molecule has 164 valence electrons. The minimum atomic E-state index is -0.689. The maximum Gasteiger partial charge on any atom is 0.263 e. The predicted octanol–water partition coefficient (Wildman–Crippen LogP) is 1.42. The van der Waals surface area contributed by atoms with E-state index in [4.69, 9.17) is 5.73 Å². The van der Waals surface area contributed by atoms with Crippen molar-refractivity contribution in [3.63, 3.8) is 0 Å². The van der Waals surface area contributed by atoms with Crippen LogP contribution in [0.2, 0.25) is 0 Å². The highest BCUT2D eigenvalue weighted by Gasteiger charge is 2.31. The Hall–Kier alpha value is -2.93. The van der Waals surface area contributed by atoms with Gasteiger partial charge in [0.25, 0.3) is 11.5 Å². The van der Waals surface area contributed by atoms with Crippen LogP contribution in [0.3, 0.4) is 0 Å². The monoisotopic (exact) mass is 422 g/mol. The molecular weight excluding hydrogens is 392 g/mol. The summed E-state index contributed by atoms with van der Waals surface area (Å²) in [6, 6.07) is 9.91. The number of hydrogen-bond donors (Lipinski definition) is 1. The van der Waals surface area contributed by atoms with Gasteiger partial charge in [-0.3, -0.25) is 14.4 Å². The lowest BCUT2D eigenvalue weighted by atomic mass is 9.92. The van der Waals surface area contributed by atoms with E-state index in [9.17, 15) is 14.4 Å². The number of amides is 2. The molecule has 2 amide bonds. The number of nitrogens with two attached hydrogens (primary N) is 1. The van der Waals surface area contributed by atoms with E-state index in [2.05, 4.69) is 11.9 Å². The van der Waals surface area contributed by atoms with Gasteiger partial charge in [-0.05, 0) is 62.5 Å². The molecule has 1 saturated heterocycles. The number of piperidine rings is 1. The Morgan fingerprint density at radius 3 is 2.48 bits per heavy atom. The number of carbonyl (C=O) groups excluding carboxylic acids is 2. The molecule has 2 aliphatic heterocycles. The van der Waals surface area contributed by atoms with Crippen molar-refractivity contribution < 1.29 is 9.59 Å². The standard InChI is InChI=1S/C24H30N4O3/c1-26-11-8-18(9-12-26)23(30)27-14-10-20-19(15-27)16-28(24(31)21(20)22(25)29)13-7-17-5-3-2-4-6-17/h2-6,16,18H,7-15H2,1H3,(H2,25,29). The first-order chi connectivity index (χ1) is 14.9. The Morgan fingerprint density at radius 2 is 1.81 bits per heavy atom. The van der Waals surface area contributed by atoms with E-state index in [1.807, 2.05) is 41.4 Å². The minimum Gasteiger partial charge on any atom is -0.365 e. The highest BCUT2D eigenvalue weighted by Crippen LogP contribution is 2.25. The lowest BCUT2D eigenvalue weighted by Crippen LogP contribution is -2.45. The largest absolute Gasteiger partial charge is 0.365 e. The fourth-order valence-corrected chi connectivity index (χ4v) is 4.73. The second-order valence-electron chi connectivity index (χ2n) is 8.69. The number of nitrogens with zero attached hydrogens (tertiary/aromatic N) is 3. The van der Waals surface area contributed by atoms with Gasteiger partial charge >= 0.3 is 0 Å². The Bertz CT molecular complexity index is 1020. The fraction of sp³-hybridized carbons (Fsp3) is 0.458. The molecule has 1 aromatic heterocycles. The molecule has 3 heterocycles. The van der Waals surface area contributed by atoms with Crippen molar-refractivity contribution in [1.82, 2.24) is 14.4 Å². The fourth-order valence-electron chi connectivity index (χ4n) is 4.73. The second-order valence-corrected chi connectivity index (χ2v) is 8.69. The molecule has 7 heteroatoms. The van der Waals surface area contributed by atoms with E-state index in [0.717, 1.165) is 37.1 Å². The number of fused-ring (bicyclic) bond motifs is 1. The van der Waals surface area contributed by atoms with Gasteiger partial charge in [-0.1, -0.05) is 30.3 Å². The SMILES string of the molecule is CN1CCC(C(=O)N2CCc3c(cn(CCc4ccccc4)c(=O)c3C(N)=O)C2)CC1. The average Bonchev–Trinajstić information content (AvgIpc) is 2.78. The van der Waals surface area contributed by atoms with Gasteiger partial charge in [-0.2, -0.15) is 0 Å². The van der Waals surface area contributed by atoms with E-state index in [1.165, 1.54) is 0 Å². The number of pyridine rings is 1. The van der Waals surface area contributed by atoms with Gasteiger partial charge in [0, 0.05) is 31.7 Å². The molecule has 0 aliphatic carbocycles. The quantitative estimate of drug-likeness (QED) is 0.789. The summed E-state index contributed by atoms with van der Waals surface area (Å²) in [6.07, 6.45) is 4.74. The van der Waals surface area contributed by atoms with Gasteiger partial charge in [0.2, 0.25) is 5.91 Å². The average molecular weight is 423 g/mol. The summed E-state index contributed by atoms with van der Waals surface area (Å²) in [6.45, 7) is 3.27. The number of primary amides is 1. The summed E-state index contributed by atoms with van der Waals surface area (Å²) in [7, 11) is 2.08. The van der Waals surface area contributed by atoms with Crippen molar-refractivity contribution in [2.24, 2.45) is 11.7 Å². The molecule has 2 aliphatic rings. The third-order valence-electron chi connectivity index (χ3n) is 6.58. The Kier molecular flexibility index (Phi) is 6.23. The third-order valence-corrected chi connectivity index (χ3v) is 6.58. The number of benzene rings is 1. The van der Waals surface area contributed by atoms with Gasteiger partial charge in [0.05, 0.1) is 0 Å². The zero-order chi connectivity index (χ0) is 22.0. The van der Waals surface area contributed by atoms with Crippen molar-refractivity contribution in [3.05, 3.63) is 69.1 Å². The number of likely N-dealkylation sites (tertiary alicyclic amines) is 1. The highest BCUT2D eigenvalue weighted by molar-refractivity contribution is 5.94. The number of aryl methyl sites for hydroxylation is 2. The molecule has 0 bridgehead atoms. The summed E-state index contributed by atoms with van der Waals surface area (Å²) in [4.78, 5) is 42.3. The molecule has 1 fully saturated rings. The summed E-state index contributed by atoms with van der Waals surface area (Å²) in [5, 5.41) is 0. The van der Waals surface area contributed by atoms with Crippen LogP contribution in [-0.4, -0.2) is 52.9 Å². The maximum atomic E-state index is 13.1. The molecule has 0 saturated carbocycles. The molecule has 2 aromatic rings. The van der Waals surface area contributed by atoms with Crippen molar-refractivity contribution in [2.45, 2.75) is 38.8 Å². The van der Waals surface area contributed by atoms with Crippen LogP contribution in [0.25, 0.3) is 0 Å². The zero-order valence-corrected chi connectivity index (χ0v) is 18.0. The molecule has 31 heavy (non-hydrogen) atoms. The molecule has 0 atom stereocenters. The summed E-state index contributed by atoms with van der Waals surface area (Å²) < 4.78 is 1.58. The van der Waals surface area contributed by atoms with Gasteiger partial charge in [-0.25, -0.2) is 0 Å². The van der Waals surface area contributed by atoms with E-state index in [0.29, 0.717) is 38.0 Å². The van der Waals surface area contributed by atoms with Crippen LogP contribution in [0.15, 0.2) is 41.3 Å². The van der Waals surface area contributed by atoms with Crippen molar-refractivity contribution in [1.29, 1.82) is 0 Å². The molecule has 4 rings (SSSR count). The molecule has 2 N–H and O–H groups in total. The normalized spacial score (nSPS) is 17.4. The first-order valence-corrected chi connectivity index (χ1v) is 11.0. The van der Waals surface area contributed by atoms with Gasteiger partial charge < -0.3 is 20.1 Å². The third kappa shape index (κ3) is 4.56. The van der Waals surface area contributed by atoms with Crippen LogP contribution in [0.5, 0.6) is 0 Å². The van der Waals surface area contributed by atoms with Gasteiger partial charge in [0.15, 0.2) is 0 Å². The van der Waals surface area contributed by atoms with Crippen molar-refractivity contribution >= 4 is 11.8 Å². The van der Waals surface area contributed by atoms with Crippen LogP contribution >= 0.6 is 0 Å². The highest BCUT2D eigenvalue weighted by atomic mass is 16.2. The van der Waals surface area contributed by atoms with Gasteiger partial charge in [-0.15, -0.1) is 0 Å². The Morgan fingerprint density at radius 1 is 1.10 bits per heavy atom. The molecule has 0 radical (unpaired) electrons. The molecule has 0 unspecified atom stereocenters. The van der Waals surface area contributed by atoms with Crippen molar-refractivity contribution in [2.75, 3.05) is 26.7 Å². The zero-order valence-electron chi connectivity index (χ0n) is 18.0. The molecule has 1 aromatic carbocycles. The topological polar surface area (TPSA) is 88.6 Å². The Labute approximate surface area is 182 Å². The number of aromatic nitrogens is 1. The van der Waals surface area contributed by atoms with Crippen LogP contribution in [-0.2, 0) is 30.7 Å². The van der Waals surface area contributed by atoms with Crippen LogP contribution < -0.4 is 11.3 Å². The van der Waals surface area contributed by atoms with Crippen LogP contribution in [0, 0.1) is 5.92 Å². The number of hydrogen-bond acceptors (Lipinski definition) is 4. The smallest absolute Gasteiger partial charge is 0.263 e. The lowest BCUT2D eigenvalue weighted by molar-refractivity contribution is -0.137.